The lowest BCUT2D eigenvalue weighted by molar-refractivity contribution is -0.386. The molecular weight excluding hydrogens is 299 g/mol. The monoisotopic (exact) mass is 322 g/mol. The summed E-state index contributed by atoms with van der Waals surface area (Å²) in [4.78, 5) is 12.4. The van der Waals surface area contributed by atoms with Crippen molar-refractivity contribution in [2.24, 2.45) is 0 Å². The molecule has 0 spiro atoms. The summed E-state index contributed by atoms with van der Waals surface area (Å²) in [6.07, 6.45) is 8.38. The van der Waals surface area contributed by atoms with Gasteiger partial charge in [-0.2, -0.15) is 4.39 Å². The van der Waals surface area contributed by atoms with E-state index in [9.17, 15) is 14.5 Å². The maximum Gasteiger partial charge on any atom is 0.327 e. The molecule has 1 saturated carbocycles. The second-order valence-corrected chi connectivity index (χ2v) is 6.45. The third-order valence-corrected chi connectivity index (χ3v) is 4.87. The number of nitro benzene ring substituents is 1. The van der Waals surface area contributed by atoms with Crippen LogP contribution in [0.1, 0.15) is 44.9 Å². The number of piperidine rings is 1. The molecule has 0 aromatic heterocycles. The van der Waals surface area contributed by atoms with Crippen LogP contribution in [0.2, 0.25) is 0 Å². The van der Waals surface area contributed by atoms with Crippen molar-refractivity contribution in [2.75, 3.05) is 18.0 Å². The normalized spacial score (nSPS) is 20.7. The molecule has 0 amide bonds. The lowest BCUT2D eigenvalue weighted by Gasteiger charge is -2.35. The van der Waals surface area contributed by atoms with Crippen LogP contribution in [0.5, 0.6) is 0 Å². The summed E-state index contributed by atoms with van der Waals surface area (Å²) in [7, 11) is 0. The second kappa shape index (κ2) is 7.25. The van der Waals surface area contributed by atoms with Crippen LogP contribution >= 0.6 is 0 Å². The predicted molar refractivity (Wildman–Crippen MR) is 86.2 cm³/mol. The Kier molecular flexibility index (Phi) is 5.10. The molecule has 1 aliphatic heterocycles. The van der Waals surface area contributed by atoms with Gasteiger partial charge in [0.1, 0.15) is 5.69 Å². The quantitative estimate of drug-likeness (QED) is 0.620. The highest BCUT2D eigenvalue weighted by Crippen LogP contribution is 2.33. The number of nitro groups is 1. The molecule has 1 aliphatic carbocycles. The molecule has 2 fully saturated rings. The van der Waals surface area contributed by atoms with Gasteiger partial charge in [-0.3, -0.25) is 10.1 Å². The zero-order valence-electron chi connectivity index (χ0n) is 13.2. The van der Waals surface area contributed by atoms with Crippen LogP contribution in [0, 0.1) is 15.9 Å². The Morgan fingerprint density at radius 2 is 1.74 bits per heavy atom. The van der Waals surface area contributed by atoms with E-state index in [1.807, 2.05) is 4.90 Å². The first-order valence-electron chi connectivity index (χ1n) is 8.48. The highest BCUT2D eigenvalue weighted by Gasteiger charge is 2.29. The Bertz CT molecular complexity index is 553. The van der Waals surface area contributed by atoms with Gasteiger partial charge in [0.25, 0.3) is 0 Å². The van der Waals surface area contributed by atoms with Crippen molar-refractivity contribution in [3.8, 4) is 0 Å². The first-order valence-corrected chi connectivity index (χ1v) is 8.48. The van der Waals surface area contributed by atoms with Crippen molar-refractivity contribution in [3.63, 3.8) is 0 Å². The van der Waals surface area contributed by atoms with E-state index >= 15 is 0 Å². The summed E-state index contributed by atoms with van der Waals surface area (Å²) in [5, 5.41) is 11.1. The zero-order chi connectivity index (χ0) is 16.2. The molecule has 0 unspecified atom stereocenters. The molecule has 3 rings (SSSR count). The fraction of sp³-hybridized carbons (Fsp3) is 0.647. The molecule has 1 heterocycles. The van der Waals surface area contributed by atoms with E-state index in [-0.39, 0.29) is 6.10 Å². The maximum absolute atomic E-state index is 13.7. The minimum atomic E-state index is -0.770. The Balaban J connectivity index is 1.61. The van der Waals surface area contributed by atoms with Gasteiger partial charge in [-0.1, -0.05) is 25.3 Å². The van der Waals surface area contributed by atoms with Gasteiger partial charge in [0.15, 0.2) is 0 Å². The van der Waals surface area contributed by atoms with Gasteiger partial charge in [-0.25, -0.2) is 0 Å². The van der Waals surface area contributed by atoms with E-state index < -0.39 is 16.4 Å². The minimum Gasteiger partial charge on any atom is -0.375 e. The van der Waals surface area contributed by atoms with Gasteiger partial charge in [0.2, 0.25) is 5.82 Å². The molecule has 1 aromatic carbocycles. The molecule has 6 heteroatoms. The van der Waals surface area contributed by atoms with Crippen LogP contribution in [0.3, 0.4) is 0 Å². The molecule has 5 nitrogen and oxygen atoms in total. The number of rotatable bonds is 4. The summed E-state index contributed by atoms with van der Waals surface area (Å²) in [6, 6.07) is 4.30. The number of hydrogen-bond acceptors (Lipinski definition) is 4. The molecule has 1 saturated heterocycles. The number of ether oxygens (including phenoxy) is 1. The van der Waals surface area contributed by atoms with E-state index in [0.29, 0.717) is 24.9 Å². The fourth-order valence-electron chi connectivity index (χ4n) is 3.65. The number of benzene rings is 1. The number of hydrogen-bond donors (Lipinski definition) is 0. The number of nitrogens with zero attached hydrogens (tertiary/aromatic N) is 2. The van der Waals surface area contributed by atoms with Gasteiger partial charge in [-0.05, 0) is 37.8 Å². The highest BCUT2D eigenvalue weighted by atomic mass is 19.1. The molecule has 126 valence electrons. The van der Waals surface area contributed by atoms with Crippen molar-refractivity contribution < 1.29 is 14.1 Å². The lowest BCUT2D eigenvalue weighted by atomic mass is 9.97. The Morgan fingerprint density at radius 3 is 2.39 bits per heavy atom. The molecular formula is C17H23FN2O3. The van der Waals surface area contributed by atoms with Crippen LogP contribution in [0.15, 0.2) is 18.2 Å². The van der Waals surface area contributed by atoms with Crippen molar-refractivity contribution in [3.05, 3.63) is 34.1 Å². The average molecular weight is 322 g/mol. The number of halogens is 1. The van der Waals surface area contributed by atoms with E-state index in [1.54, 1.807) is 6.07 Å². The van der Waals surface area contributed by atoms with Crippen molar-refractivity contribution >= 4 is 11.4 Å². The van der Waals surface area contributed by atoms with Crippen molar-refractivity contribution in [1.29, 1.82) is 0 Å². The first kappa shape index (κ1) is 16.2. The lowest BCUT2D eigenvalue weighted by Crippen LogP contribution is -2.39. The van der Waals surface area contributed by atoms with Crippen LogP contribution in [0.4, 0.5) is 15.8 Å². The van der Waals surface area contributed by atoms with Crippen molar-refractivity contribution in [1.82, 2.24) is 0 Å². The fourth-order valence-corrected chi connectivity index (χ4v) is 3.65. The third-order valence-electron chi connectivity index (χ3n) is 4.87. The molecule has 1 aromatic rings. The van der Waals surface area contributed by atoms with Gasteiger partial charge in [0.05, 0.1) is 17.1 Å². The molecule has 0 N–H and O–H groups in total. The highest BCUT2D eigenvalue weighted by molar-refractivity contribution is 5.64. The second-order valence-electron chi connectivity index (χ2n) is 6.45. The van der Waals surface area contributed by atoms with Crippen LogP contribution in [-0.4, -0.2) is 30.2 Å². The number of para-hydroxylation sites is 1. The average Bonchev–Trinajstić information content (AvgIpc) is 2.56. The smallest absolute Gasteiger partial charge is 0.327 e. The third kappa shape index (κ3) is 3.80. The van der Waals surface area contributed by atoms with Crippen LogP contribution in [0.25, 0.3) is 0 Å². The van der Waals surface area contributed by atoms with Crippen molar-refractivity contribution in [2.45, 2.75) is 57.2 Å². The van der Waals surface area contributed by atoms with E-state index in [1.165, 1.54) is 25.3 Å². The summed E-state index contributed by atoms with van der Waals surface area (Å²) >= 11 is 0. The van der Waals surface area contributed by atoms with E-state index in [0.717, 1.165) is 31.7 Å². The largest absolute Gasteiger partial charge is 0.375 e. The zero-order valence-corrected chi connectivity index (χ0v) is 13.2. The summed E-state index contributed by atoms with van der Waals surface area (Å²) in [5.74, 6) is -0.770. The molecule has 0 radical (unpaired) electrons. The number of anilines is 1. The minimum absolute atomic E-state index is 0.224. The predicted octanol–water partition coefficient (Wildman–Crippen LogP) is 4.05. The Hall–Kier alpha value is -1.69. The topological polar surface area (TPSA) is 55.6 Å². The van der Waals surface area contributed by atoms with Gasteiger partial charge < -0.3 is 9.64 Å². The Morgan fingerprint density at radius 1 is 1.09 bits per heavy atom. The standard InChI is InChI=1S/C17H23FN2O3/c18-15-7-4-8-16(17(15)20(21)22)19-11-9-14(10-12-19)23-13-5-2-1-3-6-13/h4,7-8,13-14H,1-3,5-6,9-12H2. The first-order chi connectivity index (χ1) is 11.1. The van der Waals surface area contributed by atoms with Crippen LogP contribution < -0.4 is 4.90 Å². The Labute approximate surface area is 135 Å². The van der Waals surface area contributed by atoms with Gasteiger partial charge >= 0.3 is 5.69 Å². The summed E-state index contributed by atoms with van der Waals surface area (Å²) < 4.78 is 19.9. The summed E-state index contributed by atoms with van der Waals surface area (Å²) in [6.45, 7) is 1.34. The SMILES string of the molecule is O=[N+]([O-])c1c(F)cccc1N1CCC(OC2CCCCC2)CC1. The molecule has 0 bridgehead atoms. The summed E-state index contributed by atoms with van der Waals surface area (Å²) in [5.41, 5.74) is -0.0368. The van der Waals surface area contributed by atoms with E-state index in [2.05, 4.69) is 0 Å². The van der Waals surface area contributed by atoms with E-state index in [4.69, 9.17) is 4.74 Å². The molecule has 23 heavy (non-hydrogen) atoms. The molecule has 0 atom stereocenters. The van der Waals surface area contributed by atoms with Gasteiger partial charge in [-0.15, -0.1) is 0 Å². The van der Waals surface area contributed by atoms with Gasteiger partial charge in [0, 0.05) is 13.1 Å². The van der Waals surface area contributed by atoms with Crippen LogP contribution in [-0.2, 0) is 4.74 Å². The maximum atomic E-state index is 13.7. The molecule has 2 aliphatic rings.